The molecule has 0 heterocycles. The smallest absolute Gasteiger partial charge is 0.306 e. The molecule has 3 rings (SSSR count). The van der Waals surface area contributed by atoms with Crippen molar-refractivity contribution in [1.82, 2.24) is 5.32 Å². The summed E-state index contributed by atoms with van der Waals surface area (Å²) in [4.78, 5) is 11.6. The SMILES string of the molecule is CCOC(=O)CCc1cc(F)c(F)c([C@H](O)CNC(C)(C)CC2Cc3ccccc3C2)c1. The number of aryl methyl sites for hydroxylation is 1. The van der Waals surface area contributed by atoms with Crippen LogP contribution in [0.3, 0.4) is 0 Å². The number of fused-ring (bicyclic) bond motifs is 1. The number of nitrogens with one attached hydrogen (secondary N) is 1. The number of carbonyl (C=O) groups excluding carboxylic acids is 1. The van der Waals surface area contributed by atoms with Gasteiger partial charge in [-0.05, 0) is 81.2 Å². The summed E-state index contributed by atoms with van der Waals surface area (Å²) in [5.74, 6) is -1.96. The van der Waals surface area contributed by atoms with Crippen molar-refractivity contribution in [3.8, 4) is 0 Å². The van der Waals surface area contributed by atoms with Gasteiger partial charge in [0.15, 0.2) is 11.6 Å². The molecule has 0 fully saturated rings. The summed E-state index contributed by atoms with van der Waals surface area (Å²) in [5, 5.41) is 13.9. The summed E-state index contributed by atoms with van der Waals surface area (Å²) in [6, 6.07) is 11.0. The summed E-state index contributed by atoms with van der Waals surface area (Å²) < 4.78 is 33.4. The van der Waals surface area contributed by atoms with E-state index in [0.29, 0.717) is 11.5 Å². The van der Waals surface area contributed by atoms with Crippen molar-refractivity contribution in [1.29, 1.82) is 0 Å². The molecule has 0 aliphatic heterocycles. The number of aliphatic hydroxyl groups excluding tert-OH is 1. The molecule has 2 N–H and O–H groups in total. The van der Waals surface area contributed by atoms with Crippen LogP contribution < -0.4 is 5.32 Å². The predicted octanol–water partition coefficient (Wildman–Crippen LogP) is 4.67. The highest BCUT2D eigenvalue weighted by atomic mass is 19.2. The third kappa shape index (κ3) is 6.36. The Morgan fingerprint density at radius 2 is 1.88 bits per heavy atom. The summed E-state index contributed by atoms with van der Waals surface area (Å²) in [5.41, 5.74) is 2.87. The molecule has 4 nitrogen and oxygen atoms in total. The van der Waals surface area contributed by atoms with Gasteiger partial charge < -0.3 is 15.2 Å². The highest BCUT2D eigenvalue weighted by Gasteiger charge is 2.29. The van der Waals surface area contributed by atoms with Crippen LogP contribution in [-0.4, -0.2) is 29.8 Å². The van der Waals surface area contributed by atoms with Crippen LogP contribution in [0.2, 0.25) is 0 Å². The largest absolute Gasteiger partial charge is 0.466 e. The van der Waals surface area contributed by atoms with Gasteiger partial charge in [-0.15, -0.1) is 0 Å². The molecule has 0 radical (unpaired) electrons. The summed E-state index contributed by atoms with van der Waals surface area (Å²) >= 11 is 0. The minimum atomic E-state index is -1.20. The molecule has 2 aromatic carbocycles. The molecule has 0 spiro atoms. The van der Waals surface area contributed by atoms with Gasteiger partial charge in [-0.2, -0.15) is 0 Å². The van der Waals surface area contributed by atoms with E-state index in [1.54, 1.807) is 6.92 Å². The Kier molecular flexibility index (Phi) is 8.01. The first-order chi connectivity index (χ1) is 15.2. The Bertz CT molecular complexity index is 920. The van der Waals surface area contributed by atoms with Gasteiger partial charge in [-0.1, -0.05) is 24.3 Å². The number of β-amino-alcohol motifs (C(OH)–C–C–N with tert-alkyl or cyclic N) is 1. The molecule has 2 aromatic rings. The molecule has 1 atom stereocenters. The van der Waals surface area contributed by atoms with E-state index >= 15 is 0 Å². The molecule has 0 amide bonds. The van der Waals surface area contributed by atoms with Gasteiger partial charge in [-0.3, -0.25) is 4.79 Å². The van der Waals surface area contributed by atoms with Crippen molar-refractivity contribution < 1.29 is 23.4 Å². The molecule has 0 bridgehead atoms. The number of rotatable bonds is 10. The van der Waals surface area contributed by atoms with Crippen molar-refractivity contribution >= 4 is 5.97 Å². The number of esters is 1. The molecule has 0 aromatic heterocycles. The Morgan fingerprint density at radius 1 is 1.22 bits per heavy atom. The number of benzene rings is 2. The fourth-order valence-corrected chi connectivity index (χ4v) is 4.61. The number of carbonyl (C=O) groups is 1. The number of halogens is 2. The molecule has 1 aliphatic rings. The van der Waals surface area contributed by atoms with E-state index in [4.69, 9.17) is 4.74 Å². The summed E-state index contributed by atoms with van der Waals surface area (Å²) in [7, 11) is 0. The van der Waals surface area contributed by atoms with Crippen LogP contribution in [0.1, 0.15) is 62.0 Å². The molecule has 1 aliphatic carbocycles. The Labute approximate surface area is 189 Å². The van der Waals surface area contributed by atoms with Crippen molar-refractivity contribution in [2.24, 2.45) is 5.92 Å². The van der Waals surface area contributed by atoms with Crippen molar-refractivity contribution in [2.75, 3.05) is 13.2 Å². The average molecular weight is 446 g/mol. The van der Waals surface area contributed by atoms with E-state index in [9.17, 15) is 18.7 Å². The third-order valence-electron chi connectivity index (χ3n) is 6.11. The van der Waals surface area contributed by atoms with Crippen molar-refractivity contribution in [3.63, 3.8) is 0 Å². The van der Waals surface area contributed by atoms with Gasteiger partial charge in [-0.25, -0.2) is 8.78 Å². The zero-order valence-electron chi connectivity index (χ0n) is 19.1. The van der Waals surface area contributed by atoms with E-state index in [1.165, 1.54) is 17.2 Å². The number of ether oxygens (including phenoxy) is 1. The average Bonchev–Trinajstić information content (AvgIpc) is 3.14. The van der Waals surface area contributed by atoms with E-state index in [-0.39, 0.29) is 37.1 Å². The van der Waals surface area contributed by atoms with Crippen LogP contribution in [-0.2, 0) is 28.8 Å². The van der Waals surface area contributed by atoms with Gasteiger partial charge in [0, 0.05) is 24.1 Å². The maximum atomic E-state index is 14.4. The Morgan fingerprint density at radius 3 is 2.50 bits per heavy atom. The van der Waals surface area contributed by atoms with E-state index in [1.807, 2.05) is 0 Å². The number of hydrogen-bond donors (Lipinski definition) is 2. The topological polar surface area (TPSA) is 58.6 Å². The Balaban J connectivity index is 1.58. The lowest BCUT2D eigenvalue weighted by Gasteiger charge is -2.30. The first-order valence-electron chi connectivity index (χ1n) is 11.3. The van der Waals surface area contributed by atoms with E-state index in [2.05, 4.69) is 43.4 Å². The standard InChI is InChI=1S/C26H33F2NO3/c1-4-32-24(31)10-9-17-13-21(25(28)22(27)14-17)23(30)16-29-26(2,3)15-18-11-19-7-5-6-8-20(19)12-18/h5-8,13-14,18,23,29-30H,4,9-12,15-16H2,1-3H3/t23-/m1/s1. The second-order valence-electron chi connectivity index (χ2n) is 9.31. The molecular weight excluding hydrogens is 412 g/mol. The first-order valence-corrected chi connectivity index (χ1v) is 11.3. The van der Waals surface area contributed by atoms with Crippen LogP contribution in [0.4, 0.5) is 8.78 Å². The molecule has 174 valence electrons. The quantitative estimate of drug-likeness (QED) is 0.522. The van der Waals surface area contributed by atoms with Gasteiger partial charge in [0.2, 0.25) is 0 Å². The van der Waals surface area contributed by atoms with Crippen LogP contribution in [0.5, 0.6) is 0 Å². The van der Waals surface area contributed by atoms with Crippen LogP contribution in [0.15, 0.2) is 36.4 Å². The lowest BCUT2D eigenvalue weighted by atomic mass is 9.88. The first kappa shape index (κ1) is 24.3. The van der Waals surface area contributed by atoms with Crippen LogP contribution in [0.25, 0.3) is 0 Å². The highest BCUT2D eigenvalue weighted by molar-refractivity contribution is 5.69. The predicted molar refractivity (Wildman–Crippen MR) is 120 cm³/mol. The van der Waals surface area contributed by atoms with Crippen LogP contribution in [0, 0.1) is 17.6 Å². The molecule has 0 unspecified atom stereocenters. The van der Waals surface area contributed by atoms with E-state index < -0.39 is 23.7 Å². The third-order valence-corrected chi connectivity index (χ3v) is 6.11. The van der Waals surface area contributed by atoms with Crippen molar-refractivity contribution in [3.05, 3.63) is 70.3 Å². The molecule has 0 saturated carbocycles. The van der Waals surface area contributed by atoms with Crippen molar-refractivity contribution in [2.45, 2.75) is 64.5 Å². The van der Waals surface area contributed by atoms with Gasteiger partial charge in [0.05, 0.1) is 12.7 Å². The second-order valence-corrected chi connectivity index (χ2v) is 9.31. The number of aliphatic hydroxyl groups is 1. The fourth-order valence-electron chi connectivity index (χ4n) is 4.61. The number of hydrogen-bond acceptors (Lipinski definition) is 4. The maximum Gasteiger partial charge on any atom is 0.306 e. The lowest BCUT2D eigenvalue weighted by molar-refractivity contribution is -0.143. The minimum Gasteiger partial charge on any atom is -0.466 e. The maximum absolute atomic E-state index is 14.4. The minimum absolute atomic E-state index is 0.0729. The molecular formula is C26H33F2NO3. The lowest BCUT2D eigenvalue weighted by Crippen LogP contribution is -2.43. The molecule has 0 saturated heterocycles. The normalized spacial score (nSPS) is 14.9. The van der Waals surface area contributed by atoms with Gasteiger partial charge in [0.25, 0.3) is 0 Å². The van der Waals surface area contributed by atoms with E-state index in [0.717, 1.165) is 25.3 Å². The monoisotopic (exact) mass is 445 g/mol. The van der Waals surface area contributed by atoms with Crippen LogP contribution >= 0.6 is 0 Å². The second kappa shape index (κ2) is 10.5. The van der Waals surface area contributed by atoms with Gasteiger partial charge in [0.1, 0.15) is 0 Å². The zero-order chi connectivity index (χ0) is 23.3. The molecule has 6 heteroatoms. The Hall–Kier alpha value is -2.31. The zero-order valence-corrected chi connectivity index (χ0v) is 19.1. The fraction of sp³-hybridized carbons (Fsp3) is 0.500. The summed E-state index contributed by atoms with van der Waals surface area (Å²) in [6.07, 6.45) is 2.07. The molecule has 32 heavy (non-hydrogen) atoms. The highest BCUT2D eigenvalue weighted by Crippen LogP contribution is 2.32. The van der Waals surface area contributed by atoms with Gasteiger partial charge >= 0.3 is 5.97 Å². The summed E-state index contributed by atoms with van der Waals surface area (Å²) in [6.45, 7) is 6.22.